The van der Waals surface area contributed by atoms with Crippen LogP contribution in [0.4, 0.5) is 5.69 Å². The molecule has 2 aromatic carbocycles. The van der Waals surface area contributed by atoms with Gasteiger partial charge in [0.1, 0.15) is 5.75 Å². The highest BCUT2D eigenvalue weighted by molar-refractivity contribution is 5.41. The van der Waals surface area contributed by atoms with E-state index in [-0.39, 0.29) is 0 Å². The monoisotopic (exact) mass is 270 g/mol. The summed E-state index contributed by atoms with van der Waals surface area (Å²) in [6.45, 7) is 4.71. The van der Waals surface area contributed by atoms with Gasteiger partial charge in [-0.2, -0.15) is 0 Å². The molecule has 2 rings (SSSR count). The van der Waals surface area contributed by atoms with E-state index >= 15 is 0 Å². The standard InChI is InChI=1S/C17H22N2O/c1-14-5-2-3-6-15(14)13-19-11-4-12-20-17-9-7-16(18)8-10-17/h2-3,5-10,19H,4,11-13,18H2,1H3. The van der Waals surface area contributed by atoms with E-state index in [2.05, 4.69) is 36.5 Å². The van der Waals surface area contributed by atoms with Crippen LogP contribution in [0.5, 0.6) is 5.75 Å². The maximum atomic E-state index is 5.64. The Morgan fingerprint density at radius 2 is 1.80 bits per heavy atom. The van der Waals surface area contributed by atoms with Crippen LogP contribution in [-0.2, 0) is 6.54 Å². The lowest BCUT2D eigenvalue weighted by Crippen LogP contribution is -2.17. The molecule has 0 atom stereocenters. The van der Waals surface area contributed by atoms with E-state index in [9.17, 15) is 0 Å². The van der Waals surface area contributed by atoms with Gasteiger partial charge >= 0.3 is 0 Å². The van der Waals surface area contributed by atoms with E-state index in [4.69, 9.17) is 10.5 Å². The number of nitrogen functional groups attached to an aromatic ring is 1. The fourth-order valence-corrected chi connectivity index (χ4v) is 1.98. The molecule has 2 aromatic rings. The van der Waals surface area contributed by atoms with E-state index in [1.54, 1.807) is 0 Å². The fraction of sp³-hybridized carbons (Fsp3) is 0.294. The first-order valence-corrected chi connectivity index (χ1v) is 6.99. The molecular formula is C17H22N2O. The molecule has 0 saturated carbocycles. The Bertz CT molecular complexity index is 523. The predicted molar refractivity (Wildman–Crippen MR) is 83.9 cm³/mol. The van der Waals surface area contributed by atoms with Crippen LogP contribution in [0.3, 0.4) is 0 Å². The maximum absolute atomic E-state index is 5.64. The van der Waals surface area contributed by atoms with Gasteiger partial charge in [-0.05, 0) is 55.3 Å². The molecule has 0 bridgehead atoms. The minimum absolute atomic E-state index is 0.713. The summed E-state index contributed by atoms with van der Waals surface area (Å²) in [4.78, 5) is 0. The first kappa shape index (κ1) is 14.4. The molecule has 0 spiro atoms. The Labute approximate surface area is 120 Å². The summed E-state index contributed by atoms with van der Waals surface area (Å²) in [6.07, 6.45) is 0.982. The first-order valence-electron chi connectivity index (χ1n) is 6.99. The van der Waals surface area contributed by atoms with E-state index in [0.29, 0.717) is 6.61 Å². The lowest BCUT2D eigenvalue weighted by atomic mass is 10.1. The molecular weight excluding hydrogens is 248 g/mol. The molecule has 0 unspecified atom stereocenters. The third kappa shape index (κ3) is 4.59. The van der Waals surface area contributed by atoms with Crippen molar-refractivity contribution in [1.82, 2.24) is 5.32 Å². The zero-order valence-electron chi connectivity index (χ0n) is 11.9. The summed E-state index contributed by atoms with van der Waals surface area (Å²) in [5.41, 5.74) is 9.07. The van der Waals surface area contributed by atoms with Crippen molar-refractivity contribution in [2.75, 3.05) is 18.9 Å². The van der Waals surface area contributed by atoms with Gasteiger partial charge in [-0.3, -0.25) is 0 Å². The number of anilines is 1. The van der Waals surface area contributed by atoms with Gasteiger partial charge in [0, 0.05) is 12.2 Å². The van der Waals surface area contributed by atoms with E-state index < -0.39 is 0 Å². The topological polar surface area (TPSA) is 47.3 Å². The molecule has 3 heteroatoms. The average molecular weight is 270 g/mol. The van der Waals surface area contributed by atoms with Crippen LogP contribution < -0.4 is 15.8 Å². The van der Waals surface area contributed by atoms with E-state index in [0.717, 1.165) is 30.9 Å². The third-order valence-electron chi connectivity index (χ3n) is 3.22. The predicted octanol–water partition coefficient (Wildman–Crippen LogP) is 3.14. The molecule has 0 radical (unpaired) electrons. The molecule has 0 aliphatic rings. The SMILES string of the molecule is Cc1ccccc1CNCCCOc1ccc(N)cc1. The Morgan fingerprint density at radius 3 is 2.55 bits per heavy atom. The largest absolute Gasteiger partial charge is 0.494 e. The summed E-state index contributed by atoms with van der Waals surface area (Å²) in [5.74, 6) is 0.873. The van der Waals surface area contributed by atoms with Crippen LogP contribution >= 0.6 is 0 Å². The van der Waals surface area contributed by atoms with Crippen LogP contribution in [0.2, 0.25) is 0 Å². The van der Waals surface area contributed by atoms with Crippen molar-refractivity contribution in [2.45, 2.75) is 19.9 Å². The van der Waals surface area contributed by atoms with Crippen LogP contribution in [0, 0.1) is 6.92 Å². The Kier molecular flexibility index (Phi) is 5.44. The van der Waals surface area contributed by atoms with Crippen molar-refractivity contribution in [3.63, 3.8) is 0 Å². The second-order valence-electron chi connectivity index (χ2n) is 4.87. The molecule has 0 aliphatic carbocycles. The van der Waals surface area contributed by atoms with Gasteiger partial charge in [0.15, 0.2) is 0 Å². The summed E-state index contributed by atoms with van der Waals surface area (Å²) < 4.78 is 5.64. The molecule has 0 aliphatic heterocycles. The Morgan fingerprint density at radius 1 is 1.05 bits per heavy atom. The van der Waals surface area contributed by atoms with Gasteiger partial charge in [-0.25, -0.2) is 0 Å². The van der Waals surface area contributed by atoms with Crippen LogP contribution in [-0.4, -0.2) is 13.2 Å². The van der Waals surface area contributed by atoms with Gasteiger partial charge in [0.2, 0.25) is 0 Å². The minimum atomic E-state index is 0.713. The van der Waals surface area contributed by atoms with Gasteiger partial charge in [0.05, 0.1) is 6.61 Å². The molecule has 0 aromatic heterocycles. The number of ether oxygens (including phenoxy) is 1. The zero-order valence-corrected chi connectivity index (χ0v) is 11.9. The quantitative estimate of drug-likeness (QED) is 0.600. The van der Waals surface area contributed by atoms with E-state index in [1.165, 1.54) is 11.1 Å². The molecule has 0 saturated heterocycles. The van der Waals surface area contributed by atoms with Gasteiger partial charge in [-0.15, -0.1) is 0 Å². The van der Waals surface area contributed by atoms with Gasteiger partial charge < -0.3 is 15.8 Å². The highest BCUT2D eigenvalue weighted by atomic mass is 16.5. The lowest BCUT2D eigenvalue weighted by molar-refractivity contribution is 0.308. The van der Waals surface area contributed by atoms with Crippen LogP contribution in [0.1, 0.15) is 17.5 Å². The summed E-state index contributed by atoms with van der Waals surface area (Å²) in [7, 11) is 0. The second-order valence-corrected chi connectivity index (χ2v) is 4.87. The number of nitrogens with one attached hydrogen (secondary N) is 1. The van der Waals surface area contributed by atoms with Crippen LogP contribution in [0.25, 0.3) is 0 Å². The van der Waals surface area contributed by atoms with Crippen molar-refractivity contribution in [2.24, 2.45) is 0 Å². The highest BCUT2D eigenvalue weighted by Crippen LogP contribution is 2.13. The molecule has 106 valence electrons. The third-order valence-corrected chi connectivity index (χ3v) is 3.22. The summed E-state index contributed by atoms with van der Waals surface area (Å²) >= 11 is 0. The molecule has 0 amide bonds. The van der Waals surface area contributed by atoms with Crippen molar-refractivity contribution < 1.29 is 4.74 Å². The Hall–Kier alpha value is -2.00. The number of benzene rings is 2. The van der Waals surface area contributed by atoms with Crippen molar-refractivity contribution >= 4 is 5.69 Å². The van der Waals surface area contributed by atoms with Crippen molar-refractivity contribution in [3.05, 3.63) is 59.7 Å². The zero-order chi connectivity index (χ0) is 14.2. The molecule has 0 fully saturated rings. The van der Waals surface area contributed by atoms with Crippen LogP contribution in [0.15, 0.2) is 48.5 Å². The highest BCUT2D eigenvalue weighted by Gasteiger charge is 1.97. The van der Waals surface area contributed by atoms with E-state index in [1.807, 2.05) is 24.3 Å². The van der Waals surface area contributed by atoms with Gasteiger partial charge in [-0.1, -0.05) is 24.3 Å². The molecule has 3 N–H and O–H groups in total. The molecule has 20 heavy (non-hydrogen) atoms. The number of nitrogens with two attached hydrogens (primary N) is 1. The van der Waals surface area contributed by atoms with Crippen molar-refractivity contribution in [1.29, 1.82) is 0 Å². The van der Waals surface area contributed by atoms with Crippen molar-refractivity contribution in [3.8, 4) is 5.75 Å². The Balaban J connectivity index is 1.60. The normalized spacial score (nSPS) is 10.4. The number of aryl methyl sites for hydroxylation is 1. The summed E-state index contributed by atoms with van der Waals surface area (Å²) in [5, 5.41) is 3.44. The number of hydrogen-bond acceptors (Lipinski definition) is 3. The fourth-order valence-electron chi connectivity index (χ4n) is 1.98. The average Bonchev–Trinajstić information content (AvgIpc) is 2.46. The van der Waals surface area contributed by atoms with Gasteiger partial charge in [0.25, 0.3) is 0 Å². The first-order chi connectivity index (χ1) is 9.75. The lowest BCUT2D eigenvalue weighted by Gasteiger charge is -2.09. The maximum Gasteiger partial charge on any atom is 0.119 e. The molecule has 3 nitrogen and oxygen atoms in total. The minimum Gasteiger partial charge on any atom is -0.494 e. The summed E-state index contributed by atoms with van der Waals surface area (Å²) in [6, 6.07) is 16.0. The second kappa shape index (κ2) is 7.56. The smallest absolute Gasteiger partial charge is 0.119 e. The number of hydrogen-bond donors (Lipinski definition) is 2. The number of rotatable bonds is 7. The molecule has 0 heterocycles.